The van der Waals surface area contributed by atoms with Crippen molar-refractivity contribution >= 4 is 22.8 Å². The number of hydrogen-bond donors (Lipinski definition) is 1. The summed E-state index contributed by atoms with van der Waals surface area (Å²) in [5.41, 5.74) is 2.47. The molecular weight excluding hydrogens is 461 g/mol. The van der Waals surface area contributed by atoms with E-state index in [1.807, 2.05) is 54.6 Å². The minimum absolute atomic E-state index is 0.122. The Hall–Kier alpha value is -4.11. The largest absolute Gasteiger partial charge is 0.383 e. The zero-order valence-electron chi connectivity index (χ0n) is 20.0. The second kappa shape index (κ2) is 12.0. The van der Waals surface area contributed by atoms with E-state index in [4.69, 9.17) is 4.74 Å². The van der Waals surface area contributed by atoms with Gasteiger partial charge >= 0.3 is 0 Å². The topological polar surface area (TPSA) is 89.4 Å². The molecule has 0 aliphatic heterocycles. The van der Waals surface area contributed by atoms with Crippen LogP contribution in [0.15, 0.2) is 78.9 Å². The number of rotatable bonds is 11. The highest BCUT2D eigenvalue weighted by atomic mass is 19.1. The van der Waals surface area contributed by atoms with Gasteiger partial charge in [-0.25, -0.2) is 9.07 Å². The van der Waals surface area contributed by atoms with Crippen LogP contribution in [0.5, 0.6) is 0 Å². The average Bonchev–Trinajstić information content (AvgIpc) is 3.30. The fourth-order valence-electron chi connectivity index (χ4n) is 4.07. The Kier molecular flexibility index (Phi) is 8.36. The van der Waals surface area contributed by atoms with Crippen molar-refractivity contribution in [2.24, 2.45) is 0 Å². The van der Waals surface area contributed by atoms with E-state index in [-0.39, 0.29) is 31.1 Å². The zero-order valence-corrected chi connectivity index (χ0v) is 20.0. The summed E-state index contributed by atoms with van der Waals surface area (Å²) in [5.74, 6) is -1.42. The van der Waals surface area contributed by atoms with E-state index in [9.17, 15) is 14.0 Å². The van der Waals surface area contributed by atoms with E-state index in [1.165, 1.54) is 28.8 Å². The molecule has 186 valence electrons. The zero-order chi connectivity index (χ0) is 25.3. The van der Waals surface area contributed by atoms with Crippen LogP contribution in [0, 0.1) is 5.82 Å². The number of para-hydroxylation sites is 1. The van der Waals surface area contributed by atoms with Crippen LogP contribution in [0.3, 0.4) is 0 Å². The smallest absolute Gasteiger partial charge is 0.247 e. The van der Waals surface area contributed by atoms with E-state index in [1.54, 1.807) is 12.1 Å². The van der Waals surface area contributed by atoms with Gasteiger partial charge in [0.2, 0.25) is 11.8 Å². The molecule has 1 aromatic heterocycles. The van der Waals surface area contributed by atoms with Crippen molar-refractivity contribution in [1.82, 2.24) is 25.2 Å². The van der Waals surface area contributed by atoms with Gasteiger partial charge in [-0.2, -0.15) is 0 Å². The number of hydrogen-bond acceptors (Lipinski definition) is 5. The minimum Gasteiger partial charge on any atom is -0.383 e. The van der Waals surface area contributed by atoms with Crippen molar-refractivity contribution in [2.75, 3.05) is 26.8 Å². The molecule has 0 aliphatic carbocycles. The highest BCUT2D eigenvalue weighted by Gasteiger charge is 2.33. The van der Waals surface area contributed by atoms with Gasteiger partial charge in [0.25, 0.3) is 0 Å². The number of amides is 2. The number of aromatic nitrogens is 3. The summed E-state index contributed by atoms with van der Waals surface area (Å²) in [6.45, 7) is 0.575. The molecule has 0 unspecified atom stereocenters. The van der Waals surface area contributed by atoms with Crippen molar-refractivity contribution in [1.29, 1.82) is 0 Å². The third kappa shape index (κ3) is 5.92. The first-order valence-electron chi connectivity index (χ1n) is 11.7. The second-order valence-corrected chi connectivity index (χ2v) is 8.27. The first-order chi connectivity index (χ1) is 17.6. The molecule has 36 heavy (non-hydrogen) atoms. The highest BCUT2D eigenvalue weighted by molar-refractivity contribution is 5.89. The predicted octanol–water partition coefficient (Wildman–Crippen LogP) is 3.15. The maximum Gasteiger partial charge on any atom is 0.247 e. The Morgan fingerprint density at radius 1 is 1.03 bits per heavy atom. The fraction of sp³-hybridized carbons (Fsp3) is 0.259. The normalized spacial score (nSPS) is 11.8. The van der Waals surface area contributed by atoms with E-state index in [0.29, 0.717) is 24.1 Å². The number of ether oxygens (including phenoxy) is 1. The van der Waals surface area contributed by atoms with Crippen LogP contribution in [0.1, 0.15) is 17.2 Å². The van der Waals surface area contributed by atoms with Crippen LogP contribution in [0.25, 0.3) is 11.0 Å². The molecule has 0 bridgehead atoms. The first-order valence-corrected chi connectivity index (χ1v) is 11.7. The van der Waals surface area contributed by atoms with E-state index < -0.39 is 17.8 Å². The van der Waals surface area contributed by atoms with Crippen molar-refractivity contribution in [3.05, 3.63) is 95.8 Å². The van der Waals surface area contributed by atoms with E-state index >= 15 is 0 Å². The van der Waals surface area contributed by atoms with Gasteiger partial charge in [0.05, 0.1) is 12.1 Å². The van der Waals surface area contributed by atoms with E-state index in [0.717, 1.165) is 5.56 Å². The molecule has 0 aliphatic rings. The molecule has 3 aromatic carbocycles. The van der Waals surface area contributed by atoms with Crippen LogP contribution >= 0.6 is 0 Å². The quantitative estimate of drug-likeness (QED) is 0.327. The third-order valence-electron chi connectivity index (χ3n) is 5.88. The Labute approximate surface area is 208 Å². The molecule has 9 heteroatoms. The molecule has 2 amide bonds. The lowest BCUT2D eigenvalue weighted by molar-refractivity contribution is -0.141. The van der Waals surface area contributed by atoms with Crippen LogP contribution in [-0.4, -0.2) is 58.5 Å². The molecular formula is C27H28FN5O3. The first kappa shape index (κ1) is 25.0. The van der Waals surface area contributed by atoms with Gasteiger partial charge in [0.15, 0.2) is 0 Å². The lowest BCUT2D eigenvalue weighted by atomic mass is 10.0. The SMILES string of the molecule is COCCNC(=O)[C@H](c1ccccc1F)N(CCc1ccccc1)C(=O)Cn1nnc2ccccc21. The molecule has 0 saturated carbocycles. The Morgan fingerprint density at radius 2 is 1.75 bits per heavy atom. The summed E-state index contributed by atoms with van der Waals surface area (Å²) in [5, 5.41) is 11.0. The van der Waals surface area contributed by atoms with Crippen molar-refractivity contribution in [2.45, 2.75) is 19.0 Å². The standard InChI is InChI=1S/C27H28FN5O3/c1-36-18-16-29-27(35)26(21-11-5-6-12-22(21)28)32(17-15-20-9-3-2-4-10-20)25(34)19-33-24-14-8-7-13-23(24)30-31-33/h2-14,26H,15-19H2,1H3,(H,29,35)/t26-/m0/s1. The number of halogens is 1. The summed E-state index contributed by atoms with van der Waals surface area (Å²) >= 11 is 0. The number of carbonyl (C=O) groups excluding carboxylic acids is 2. The molecule has 4 aromatic rings. The van der Waals surface area contributed by atoms with Crippen molar-refractivity contribution in [3.63, 3.8) is 0 Å². The predicted molar refractivity (Wildman–Crippen MR) is 133 cm³/mol. The van der Waals surface area contributed by atoms with Gasteiger partial charge in [0, 0.05) is 25.8 Å². The van der Waals surface area contributed by atoms with Crippen LogP contribution < -0.4 is 5.32 Å². The summed E-state index contributed by atoms with van der Waals surface area (Å²) in [6, 6.07) is 21.8. The molecule has 0 spiro atoms. The van der Waals surface area contributed by atoms with Gasteiger partial charge in [0.1, 0.15) is 23.9 Å². The molecule has 0 saturated heterocycles. The van der Waals surface area contributed by atoms with Gasteiger partial charge in [-0.1, -0.05) is 65.9 Å². The van der Waals surface area contributed by atoms with Crippen molar-refractivity contribution in [3.8, 4) is 0 Å². The molecule has 0 fully saturated rings. The molecule has 0 radical (unpaired) electrons. The van der Waals surface area contributed by atoms with E-state index in [2.05, 4.69) is 15.6 Å². The lowest BCUT2D eigenvalue weighted by Crippen LogP contribution is -2.46. The van der Waals surface area contributed by atoms with Crippen molar-refractivity contribution < 1.29 is 18.7 Å². The summed E-state index contributed by atoms with van der Waals surface area (Å²) in [7, 11) is 1.53. The average molecular weight is 490 g/mol. The maximum absolute atomic E-state index is 15.0. The van der Waals surface area contributed by atoms with Gasteiger partial charge < -0.3 is 15.0 Å². The van der Waals surface area contributed by atoms with Gasteiger partial charge in [-0.15, -0.1) is 5.10 Å². The van der Waals surface area contributed by atoms with Crippen LogP contribution in [-0.2, 0) is 27.3 Å². The number of nitrogens with one attached hydrogen (secondary N) is 1. The summed E-state index contributed by atoms with van der Waals surface area (Å²) in [6.07, 6.45) is 0.487. The maximum atomic E-state index is 15.0. The summed E-state index contributed by atoms with van der Waals surface area (Å²) in [4.78, 5) is 28.5. The number of benzene rings is 3. The number of nitrogens with zero attached hydrogens (tertiary/aromatic N) is 4. The lowest BCUT2D eigenvalue weighted by Gasteiger charge is -2.32. The van der Waals surface area contributed by atoms with Gasteiger partial charge in [-0.05, 0) is 30.2 Å². The highest BCUT2D eigenvalue weighted by Crippen LogP contribution is 2.25. The molecule has 1 N–H and O–H groups in total. The van der Waals surface area contributed by atoms with Crippen LogP contribution in [0.4, 0.5) is 4.39 Å². The molecule has 1 atom stereocenters. The van der Waals surface area contributed by atoms with Crippen LogP contribution in [0.2, 0.25) is 0 Å². The Morgan fingerprint density at radius 3 is 2.53 bits per heavy atom. The minimum atomic E-state index is -1.17. The molecule has 1 heterocycles. The second-order valence-electron chi connectivity index (χ2n) is 8.27. The van der Waals surface area contributed by atoms with Gasteiger partial charge in [-0.3, -0.25) is 9.59 Å². The summed E-state index contributed by atoms with van der Waals surface area (Å²) < 4.78 is 21.5. The number of methoxy groups -OCH3 is 1. The number of carbonyl (C=O) groups is 2. The monoisotopic (exact) mass is 489 g/mol. The Bertz CT molecular complexity index is 1310. The number of fused-ring (bicyclic) bond motifs is 1. The molecule has 4 rings (SSSR count). The Balaban J connectivity index is 1.69. The third-order valence-corrected chi connectivity index (χ3v) is 5.88. The molecule has 8 nitrogen and oxygen atoms in total. The fourth-order valence-corrected chi connectivity index (χ4v) is 4.07.